The van der Waals surface area contributed by atoms with Crippen LogP contribution in [0.3, 0.4) is 0 Å². The molecule has 1 aromatic carbocycles. The number of nitrogens with two attached hydrogens (primary N) is 1. The Morgan fingerprint density at radius 2 is 2.11 bits per heavy atom. The maximum atomic E-state index is 6.15. The molecule has 2 aromatic rings. The van der Waals surface area contributed by atoms with Crippen LogP contribution in [-0.4, -0.2) is 21.6 Å². The topological polar surface area (TPSA) is 66.0 Å². The molecule has 1 aromatic heterocycles. The summed E-state index contributed by atoms with van der Waals surface area (Å²) in [6.07, 6.45) is 5.79. The molecule has 98 valence electrons. The van der Waals surface area contributed by atoms with E-state index in [0.29, 0.717) is 0 Å². The molecule has 2 N–H and O–H groups in total. The maximum absolute atomic E-state index is 6.15. The molecular weight excluding hydrogens is 240 g/mol. The van der Waals surface area contributed by atoms with Gasteiger partial charge in [-0.05, 0) is 31.1 Å². The molecular formula is C14H16N4O. The van der Waals surface area contributed by atoms with Gasteiger partial charge >= 0.3 is 0 Å². The summed E-state index contributed by atoms with van der Waals surface area (Å²) in [5.74, 6) is 0.798. The van der Waals surface area contributed by atoms with Crippen molar-refractivity contribution in [3.63, 3.8) is 0 Å². The highest BCUT2D eigenvalue weighted by atomic mass is 16.5. The van der Waals surface area contributed by atoms with E-state index >= 15 is 0 Å². The van der Waals surface area contributed by atoms with Crippen molar-refractivity contribution in [1.29, 1.82) is 0 Å². The summed E-state index contributed by atoms with van der Waals surface area (Å²) >= 11 is 0. The van der Waals surface area contributed by atoms with Gasteiger partial charge in [-0.2, -0.15) is 15.0 Å². The van der Waals surface area contributed by atoms with E-state index < -0.39 is 0 Å². The van der Waals surface area contributed by atoms with E-state index in [1.165, 1.54) is 0 Å². The van der Waals surface area contributed by atoms with Crippen LogP contribution in [0.1, 0.15) is 24.6 Å². The highest BCUT2D eigenvalue weighted by Crippen LogP contribution is 2.22. The predicted octanol–water partition coefficient (Wildman–Crippen LogP) is 1.96. The third-order valence-electron chi connectivity index (χ3n) is 3.08. The van der Waals surface area contributed by atoms with Crippen molar-refractivity contribution >= 4 is 0 Å². The van der Waals surface area contributed by atoms with Crippen LogP contribution in [0, 0.1) is 0 Å². The van der Waals surface area contributed by atoms with Gasteiger partial charge in [-0.1, -0.05) is 18.2 Å². The van der Waals surface area contributed by atoms with Crippen LogP contribution in [0.5, 0.6) is 0 Å². The second kappa shape index (κ2) is 5.24. The van der Waals surface area contributed by atoms with Gasteiger partial charge in [-0.25, -0.2) is 0 Å². The van der Waals surface area contributed by atoms with E-state index in [1.54, 1.807) is 11.0 Å². The molecule has 1 aliphatic heterocycles. The van der Waals surface area contributed by atoms with Crippen molar-refractivity contribution < 1.29 is 4.74 Å². The smallest absolute Gasteiger partial charge is 0.115 e. The molecule has 0 radical (unpaired) electrons. The van der Waals surface area contributed by atoms with E-state index in [0.717, 1.165) is 36.6 Å². The standard InChI is InChI=1S/C14H16N4O/c15-14(13-8-4-5-9-19-13)12-10-16-18(17-12)11-6-2-1-3-7-11/h1-3,6-8,10,14H,4-5,9,15H2. The molecule has 5 nitrogen and oxygen atoms in total. The van der Waals surface area contributed by atoms with Crippen LogP contribution in [0.25, 0.3) is 5.69 Å². The molecule has 5 heteroatoms. The van der Waals surface area contributed by atoms with Crippen molar-refractivity contribution in [2.24, 2.45) is 5.73 Å². The first-order valence-corrected chi connectivity index (χ1v) is 6.41. The summed E-state index contributed by atoms with van der Waals surface area (Å²) in [6.45, 7) is 0.729. The third kappa shape index (κ3) is 2.51. The van der Waals surface area contributed by atoms with Crippen LogP contribution in [-0.2, 0) is 4.74 Å². The highest BCUT2D eigenvalue weighted by Gasteiger charge is 2.19. The molecule has 0 amide bonds. The number of aromatic nitrogens is 3. The minimum absolute atomic E-state index is 0.335. The van der Waals surface area contributed by atoms with Gasteiger partial charge in [0.05, 0.1) is 18.5 Å². The van der Waals surface area contributed by atoms with Crippen LogP contribution in [0.15, 0.2) is 48.4 Å². The van der Waals surface area contributed by atoms with Gasteiger partial charge < -0.3 is 10.5 Å². The fraction of sp³-hybridized carbons (Fsp3) is 0.286. The van der Waals surface area contributed by atoms with Crippen LogP contribution >= 0.6 is 0 Å². The van der Waals surface area contributed by atoms with Crippen LogP contribution in [0.2, 0.25) is 0 Å². The summed E-state index contributed by atoms with van der Waals surface area (Å²) in [4.78, 5) is 1.58. The maximum Gasteiger partial charge on any atom is 0.115 e. The van der Waals surface area contributed by atoms with E-state index in [-0.39, 0.29) is 6.04 Å². The number of hydrogen-bond donors (Lipinski definition) is 1. The normalized spacial score (nSPS) is 16.6. The van der Waals surface area contributed by atoms with Crippen molar-refractivity contribution in [3.05, 3.63) is 54.1 Å². The molecule has 1 unspecified atom stereocenters. The van der Waals surface area contributed by atoms with Crippen molar-refractivity contribution in [3.8, 4) is 5.69 Å². The number of ether oxygens (including phenoxy) is 1. The zero-order valence-corrected chi connectivity index (χ0v) is 10.6. The van der Waals surface area contributed by atoms with Crippen molar-refractivity contribution in [2.45, 2.75) is 18.9 Å². The lowest BCUT2D eigenvalue weighted by Gasteiger charge is -2.18. The van der Waals surface area contributed by atoms with Gasteiger partial charge in [0, 0.05) is 0 Å². The molecule has 2 heterocycles. The molecule has 0 spiro atoms. The summed E-state index contributed by atoms with van der Waals surface area (Å²) in [5, 5.41) is 8.66. The number of allylic oxidation sites excluding steroid dienone is 1. The zero-order valence-electron chi connectivity index (χ0n) is 10.6. The molecule has 0 bridgehead atoms. The second-order valence-electron chi connectivity index (χ2n) is 4.47. The van der Waals surface area contributed by atoms with Gasteiger partial charge in [-0.15, -0.1) is 0 Å². The Labute approximate surface area is 111 Å². The van der Waals surface area contributed by atoms with E-state index in [1.807, 2.05) is 36.4 Å². The molecule has 1 atom stereocenters. The molecule has 0 fully saturated rings. The van der Waals surface area contributed by atoms with Crippen LogP contribution < -0.4 is 5.73 Å². The summed E-state index contributed by atoms with van der Waals surface area (Å²) in [5.41, 5.74) is 7.79. The fourth-order valence-corrected chi connectivity index (χ4v) is 2.04. The first kappa shape index (κ1) is 11.9. The summed E-state index contributed by atoms with van der Waals surface area (Å²) in [6, 6.07) is 9.42. The zero-order chi connectivity index (χ0) is 13.1. The second-order valence-corrected chi connectivity index (χ2v) is 4.47. The predicted molar refractivity (Wildman–Crippen MR) is 71.6 cm³/mol. The molecule has 0 saturated heterocycles. The van der Waals surface area contributed by atoms with Gasteiger partial charge in [0.25, 0.3) is 0 Å². The molecule has 19 heavy (non-hydrogen) atoms. The lowest BCUT2D eigenvalue weighted by Crippen LogP contribution is -2.18. The number of nitrogens with zero attached hydrogens (tertiary/aromatic N) is 3. The third-order valence-corrected chi connectivity index (χ3v) is 3.08. The Bertz CT molecular complexity index is 576. The first-order chi connectivity index (χ1) is 9.34. The molecule has 3 rings (SSSR count). The fourth-order valence-electron chi connectivity index (χ4n) is 2.04. The van der Waals surface area contributed by atoms with E-state index in [2.05, 4.69) is 10.2 Å². The Kier molecular flexibility index (Phi) is 3.29. The van der Waals surface area contributed by atoms with Gasteiger partial charge in [0.2, 0.25) is 0 Å². The number of rotatable bonds is 3. The minimum atomic E-state index is -0.335. The van der Waals surface area contributed by atoms with Crippen molar-refractivity contribution in [2.75, 3.05) is 6.61 Å². The highest BCUT2D eigenvalue weighted by molar-refractivity contribution is 5.29. The average molecular weight is 256 g/mol. The van der Waals surface area contributed by atoms with Crippen molar-refractivity contribution in [1.82, 2.24) is 15.0 Å². The number of hydrogen-bond acceptors (Lipinski definition) is 4. The molecule has 0 saturated carbocycles. The quantitative estimate of drug-likeness (QED) is 0.911. The summed E-state index contributed by atoms with van der Waals surface area (Å²) in [7, 11) is 0. The Hall–Kier alpha value is -2.14. The van der Waals surface area contributed by atoms with Gasteiger partial charge in [0.1, 0.15) is 17.5 Å². The average Bonchev–Trinajstić information content (AvgIpc) is 2.98. The van der Waals surface area contributed by atoms with Gasteiger partial charge in [-0.3, -0.25) is 0 Å². The lowest BCUT2D eigenvalue weighted by molar-refractivity contribution is 0.175. The SMILES string of the molecule is NC(C1=CCCCO1)c1cnn(-c2ccccc2)n1. The van der Waals surface area contributed by atoms with Gasteiger partial charge in [0.15, 0.2) is 0 Å². The monoisotopic (exact) mass is 256 g/mol. The Morgan fingerprint density at radius 3 is 2.84 bits per heavy atom. The first-order valence-electron chi connectivity index (χ1n) is 6.41. The lowest BCUT2D eigenvalue weighted by atomic mass is 10.1. The van der Waals surface area contributed by atoms with E-state index in [4.69, 9.17) is 10.5 Å². The van der Waals surface area contributed by atoms with E-state index in [9.17, 15) is 0 Å². The number of benzene rings is 1. The largest absolute Gasteiger partial charge is 0.496 e. The minimum Gasteiger partial charge on any atom is -0.496 e. The molecule has 1 aliphatic rings. The van der Waals surface area contributed by atoms with Crippen LogP contribution in [0.4, 0.5) is 0 Å². The Balaban J connectivity index is 1.83. The summed E-state index contributed by atoms with van der Waals surface area (Å²) < 4.78 is 5.57. The molecule has 0 aliphatic carbocycles. The Morgan fingerprint density at radius 1 is 1.26 bits per heavy atom. The number of para-hydroxylation sites is 1.